The summed E-state index contributed by atoms with van der Waals surface area (Å²) in [5, 5.41) is 16.4. The van der Waals surface area contributed by atoms with Gasteiger partial charge in [0.2, 0.25) is 5.91 Å². The number of carbonyl (C=O) groups excluding carboxylic acids is 2. The Morgan fingerprint density at radius 3 is 2.23 bits per heavy atom. The summed E-state index contributed by atoms with van der Waals surface area (Å²) in [6, 6.07) is 18.4. The molecule has 0 radical (unpaired) electrons. The van der Waals surface area contributed by atoms with Gasteiger partial charge in [0.25, 0.3) is 11.6 Å². The number of hydrogen-bond acceptors (Lipinski definition) is 5. The quantitative estimate of drug-likeness (QED) is 0.302. The molecular weight excluding hydrogens is 414 g/mol. The third-order valence-electron chi connectivity index (χ3n) is 4.31. The molecule has 0 fully saturated rings. The zero-order chi connectivity index (χ0) is 22.4. The number of nitro groups is 1. The molecule has 0 unspecified atom stereocenters. The number of nitro benzene ring substituents is 1. The minimum absolute atomic E-state index is 0.0750. The van der Waals surface area contributed by atoms with Crippen molar-refractivity contribution in [3.63, 3.8) is 0 Å². The Morgan fingerprint density at radius 1 is 0.903 bits per heavy atom. The fourth-order valence-electron chi connectivity index (χ4n) is 2.99. The zero-order valence-electron chi connectivity index (χ0n) is 17.0. The van der Waals surface area contributed by atoms with Crippen LogP contribution in [0.1, 0.15) is 21.5 Å². The van der Waals surface area contributed by atoms with E-state index in [9.17, 15) is 19.7 Å². The number of hydrogen-bond donors (Lipinski definition) is 2. The molecule has 158 valence electrons. The van der Waals surface area contributed by atoms with Crippen molar-refractivity contribution in [3.05, 3.63) is 93.5 Å². The summed E-state index contributed by atoms with van der Waals surface area (Å²) in [6.45, 7) is 3.96. The Labute approximate surface area is 184 Å². The van der Waals surface area contributed by atoms with E-state index in [2.05, 4.69) is 10.6 Å². The Morgan fingerprint density at radius 2 is 1.58 bits per heavy atom. The molecule has 0 heterocycles. The molecular formula is C23H21N3O4S. The van der Waals surface area contributed by atoms with Gasteiger partial charge in [-0.05, 0) is 67.4 Å². The molecule has 0 saturated carbocycles. The van der Waals surface area contributed by atoms with Crippen LogP contribution in [0.5, 0.6) is 0 Å². The molecule has 0 bridgehead atoms. The predicted molar refractivity (Wildman–Crippen MR) is 123 cm³/mol. The molecule has 3 rings (SSSR count). The van der Waals surface area contributed by atoms with Gasteiger partial charge in [0.1, 0.15) is 0 Å². The summed E-state index contributed by atoms with van der Waals surface area (Å²) in [4.78, 5) is 35.7. The van der Waals surface area contributed by atoms with Crippen molar-refractivity contribution in [3.8, 4) is 0 Å². The monoisotopic (exact) mass is 435 g/mol. The van der Waals surface area contributed by atoms with Crippen LogP contribution in [0.3, 0.4) is 0 Å². The molecule has 0 spiro atoms. The van der Waals surface area contributed by atoms with Crippen molar-refractivity contribution in [1.29, 1.82) is 0 Å². The van der Waals surface area contributed by atoms with E-state index < -0.39 is 4.92 Å². The lowest BCUT2D eigenvalue weighted by Gasteiger charge is -2.09. The van der Waals surface area contributed by atoms with Gasteiger partial charge < -0.3 is 10.6 Å². The third kappa shape index (κ3) is 6.42. The molecule has 0 aliphatic heterocycles. The second-order valence-electron chi connectivity index (χ2n) is 7.00. The van der Waals surface area contributed by atoms with Crippen LogP contribution in [0, 0.1) is 24.0 Å². The van der Waals surface area contributed by atoms with Crippen molar-refractivity contribution in [2.45, 2.75) is 18.7 Å². The van der Waals surface area contributed by atoms with E-state index in [4.69, 9.17) is 0 Å². The number of rotatable bonds is 7. The van der Waals surface area contributed by atoms with Gasteiger partial charge in [-0.1, -0.05) is 12.1 Å². The van der Waals surface area contributed by atoms with Gasteiger partial charge in [0.05, 0.1) is 10.7 Å². The number of aryl methyl sites for hydroxylation is 2. The van der Waals surface area contributed by atoms with Crippen molar-refractivity contribution >= 4 is 40.6 Å². The molecule has 8 heteroatoms. The molecule has 0 atom stereocenters. The number of anilines is 2. The first-order chi connectivity index (χ1) is 14.8. The van der Waals surface area contributed by atoms with E-state index in [-0.39, 0.29) is 23.3 Å². The molecule has 0 saturated heterocycles. The highest BCUT2D eigenvalue weighted by Gasteiger charge is 2.11. The smallest absolute Gasteiger partial charge is 0.269 e. The number of non-ortho nitro benzene ring substituents is 1. The molecule has 0 aromatic heterocycles. The molecule has 3 aromatic rings. The van der Waals surface area contributed by atoms with Gasteiger partial charge >= 0.3 is 0 Å². The van der Waals surface area contributed by atoms with E-state index in [1.54, 1.807) is 18.2 Å². The second kappa shape index (κ2) is 9.90. The van der Waals surface area contributed by atoms with Gasteiger partial charge in [-0.2, -0.15) is 0 Å². The number of nitrogens with zero attached hydrogens (tertiary/aromatic N) is 1. The van der Waals surface area contributed by atoms with Crippen molar-refractivity contribution in [2.75, 3.05) is 16.4 Å². The van der Waals surface area contributed by atoms with Crippen LogP contribution in [0.2, 0.25) is 0 Å². The minimum atomic E-state index is -0.515. The molecule has 2 N–H and O–H groups in total. The minimum Gasteiger partial charge on any atom is -0.325 e. The van der Waals surface area contributed by atoms with E-state index in [1.807, 2.05) is 38.1 Å². The van der Waals surface area contributed by atoms with Crippen LogP contribution in [0.25, 0.3) is 0 Å². The van der Waals surface area contributed by atoms with E-state index >= 15 is 0 Å². The number of thioether (sulfide) groups is 1. The second-order valence-corrected chi connectivity index (χ2v) is 8.05. The first-order valence-corrected chi connectivity index (χ1v) is 10.5. The topological polar surface area (TPSA) is 101 Å². The number of benzene rings is 3. The molecule has 3 aromatic carbocycles. The Hall–Kier alpha value is -3.65. The van der Waals surface area contributed by atoms with Crippen molar-refractivity contribution < 1.29 is 14.5 Å². The van der Waals surface area contributed by atoms with E-state index in [0.29, 0.717) is 11.3 Å². The molecule has 0 aliphatic rings. The predicted octanol–water partition coefficient (Wildman–Crippen LogP) is 5.19. The molecule has 31 heavy (non-hydrogen) atoms. The van der Waals surface area contributed by atoms with Crippen LogP contribution < -0.4 is 10.6 Å². The third-order valence-corrected chi connectivity index (χ3v) is 5.30. The first-order valence-electron chi connectivity index (χ1n) is 9.47. The van der Waals surface area contributed by atoms with Crippen LogP contribution in [-0.2, 0) is 4.79 Å². The highest BCUT2D eigenvalue weighted by molar-refractivity contribution is 8.00. The fraction of sp³-hybridized carbons (Fsp3) is 0.130. The van der Waals surface area contributed by atoms with Crippen molar-refractivity contribution in [1.82, 2.24) is 0 Å². The fourth-order valence-corrected chi connectivity index (χ4v) is 3.75. The van der Waals surface area contributed by atoms with Crippen LogP contribution in [0.4, 0.5) is 17.1 Å². The number of amides is 2. The summed E-state index contributed by atoms with van der Waals surface area (Å²) < 4.78 is 0. The van der Waals surface area contributed by atoms with Gasteiger partial charge in [-0.3, -0.25) is 19.7 Å². The SMILES string of the molecule is Cc1cc(C)cc(NC(=O)CSc2cccc(NC(=O)c3ccc([N+](=O)[O-])cc3)c2)c1. The standard InChI is InChI=1S/C23H21N3O4S/c1-15-10-16(2)12-19(11-15)24-22(27)14-31-21-5-3-4-18(13-21)25-23(28)17-6-8-20(9-7-17)26(29)30/h3-13H,14H2,1-2H3,(H,24,27)(H,25,28). The van der Waals surface area contributed by atoms with Crippen molar-refractivity contribution in [2.24, 2.45) is 0 Å². The van der Waals surface area contributed by atoms with Gasteiger partial charge in [0, 0.05) is 34.0 Å². The van der Waals surface area contributed by atoms with Crippen LogP contribution in [0.15, 0.2) is 71.6 Å². The lowest BCUT2D eigenvalue weighted by Crippen LogP contribution is -2.14. The highest BCUT2D eigenvalue weighted by Crippen LogP contribution is 2.23. The molecule has 2 amide bonds. The average molecular weight is 436 g/mol. The Balaban J connectivity index is 1.57. The zero-order valence-corrected chi connectivity index (χ0v) is 17.9. The molecule has 0 aliphatic carbocycles. The summed E-state index contributed by atoms with van der Waals surface area (Å²) in [6.07, 6.45) is 0. The number of carbonyl (C=O) groups is 2. The Kier molecular flexibility index (Phi) is 7.04. The van der Waals surface area contributed by atoms with E-state index in [1.165, 1.54) is 36.0 Å². The van der Waals surface area contributed by atoms with Crippen LogP contribution in [-0.4, -0.2) is 22.5 Å². The maximum absolute atomic E-state index is 12.4. The summed E-state index contributed by atoms with van der Waals surface area (Å²) >= 11 is 1.36. The summed E-state index contributed by atoms with van der Waals surface area (Å²) in [5.74, 6) is -0.257. The maximum atomic E-state index is 12.4. The number of nitrogens with one attached hydrogen (secondary N) is 2. The highest BCUT2D eigenvalue weighted by atomic mass is 32.2. The first kappa shape index (κ1) is 22.0. The lowest BCUT2D eigenvalue weighted by molar-refractivity contribution is -0.384. The van der Waals surface area contributed by atoms with E-state index in [0.717, 1.165) is 21.7 Å². The average Bonchev–Trinajstić information content (AvgIpc) is 2.72. The van der Waals surface area contributed by atoms with Gasteiger partial charge in [-0.25, -0.2) is 0 Å². The summed E-state index contributed by atoms with van der Waals surface area (Å²) in [5.41, 5.74) is 3.75. The largest absolute Gasteiger partial charge is 0.325 e. The van der Waals surface area contributed by atoms with Gasteiger partial charge in [0.15, 0.2) is 0 Å². The van der Waals surface area contributed by atoms with Crippen LogP contribution >= 0.6 is 11.8 Å². The normalized spacial score (nSPS) is 10.4. The lowest BCUT2D eigenvalue weighted by atomic mass is 10.1. The summed E-state index contributed by atoms with van der Waals surface area (Å²) in [7, 11) is 0. The van der Waals surface area contributed by atoms with Gasteiger partial charge in [-0.15, -0.1) is 11.8 Å². The Bertz CT molecular complexity index is 1110. The molecule has 7 nitrogen and oxygen atoms in total. The maximum Gasteiger partial charge on any atom is 0.269 e.